The van der Waals surface area contributed by atoms with Gasteiger partial charge in [-0.05, 0) is 88.6 Å². The molecular formula is C21H18Br2N2O4S. The number of methoxy groups -OCH3 is 1. The molecule has 0 aliphatic carbocycles. The predicted molar refractivity (Wildman–Crippen MR) is 126 cm³/mol. The van der Waals surface area contributed by atoms with Gasteiger partial charge in [0.05, 0.1) is 22.2 Å². The van der Waals surface area contributed by atoms with Crippen LogP contribution >= 0.6 is 43.6 Å². The molecule has 0 saturated carbocycles. The minimum absolute atomic E-state index is 0.178. The van der Waals surface area contributed by atoms with Crippen molar-refractivity contribution >= 4 is 72.4 Å². The molecule has 0 atom stereocenters. The molecule has 0 spiro atoms. The summed E-state index contributed by atoms with van der Waals surface area (Å²) in [6, 6.07) is 9.25. The summed E-state index contributed by atoms with van der Waals surface area (Å²) in [5, 5.41) is 3.33. The second-order valence-corrected chi connectivity index (χ2v) is 9.11. The number of nitrogens with one attached hydrogen (secondary N) is 1. The molecule has 1 N–H and O–H groups in total. The van der Waals surface area contributed by atoms with Gasteiger partial charge >= 0.3 is 5.97 Å². The smallest absolute Gasteiger partial charge is 0.343 e. The van der Waals surface area contributed by atoms with Gasteiger partial charge in [0.1, 0.15) is 5.75 Å². The summed E-state index contributed by atoms with van der Waals surface area (Å²) in [7, 11) is 1.30. The van der Waals surface area contributed by atoms with E-state index in [4.69, 9.17) is 4.74 Å². The van der Waals surface area contributed by atoms with Crippen molar-refractivity contribution in [1.82, 2.24) is 5.32 Å². The number of thioether (sulfide) groups is 1. The first kappa shape index (κ1) is 22.6. The van der Waals surface area contributed by atoms with Crippen LogP contribution < -0.4 is 10.1 Å². The number of hydrogen-bond donors (Lipinski definition) is 1. The summed E-state index contributed by atoms with van der Waals surface area (Å²) in [6.45, 7) is 3.83. The number of carbonyl (C=O) groups excluding carboxylic acids is 2. The first-order chi connectivity index (χ1) is 14.3. The topological polar surface area (TPSA) is 77.0 Å². The number of halogens is 2. The summed E-state index contributed by atoms with van der Waals surface area (Å²) in [6.07, 6.45) is 1.77. The monoisotopic (exact) mass is 552 g/mol. The summed E-state index contributed by atoms with van der Waals surface area (Å²) in [4.78, 5) is 28.7. The quantitative estimate of drug-likeness (QED) is 0.403. The van der Waals surface area contributed by atoms with E-state index in [0.29, 0.717) is 20.3 Å². The van der Waals surface area contributed by atoms with Crippen molar-refractivity contribution in [3.63, 3.8) is 0 Å². The third kappa shape index (κ3) is 5.53. The molecule has 6 nitrogen and oxygen atoms in total. The van der Waals surface area contributed by atoms with Crippen LogP contribution in [-0.2, 0) is 14.3 Å². The molecule has 1 saturated heterocycles. The molecule has 1 fully saturated rings. The number of carbonyl (C=O) groups is 2. The molecule has 0 bridgehead atoms. The SMILES string of the molecule is COC(=O)COc1ccc(/C=C2\SC(=Nc3cc(C)c(Br)c(C)c3)NC2=O)cc1Br. The van der Waals surface area contributed by atoms with Gasteiger partial charge < -0.3 is 14.8 Å². The minimum atomic E-state index is -0.463. The van der Waals surface area contributed by atoms with Crippen LogP contribution in [0.1, 0.15) is 16.7 Å². The van der Waals surface area contributed by atoms with E-state index in [1.807, 2.05) is 32.0 Å². The summed E-state index contributed by atoms with van der Waals surface area (Å²) in [5.41, 5.74) is 3.76. The van der Waals surface area contributed by atoms with Crippen molar-refractivity contribution in [1.29, 1.82) is 0 Å². The highest BCUT2D eigenvalue weighted by Crippen LogP contribution is 2.32. The normalized spacial score (nSPS) is 16.1. The fourth-order valence-electron chi connectivity index (χ4n) is 2.66. The second-order valence-electron chi connectivity index (χ2n) is 6.43. The molecular weight excluding hydrogens is 536 g/mol. The summed E-state index contributed by atoms with van der Waals surface area (Å²) in [5.74, 6) is -0.157. The Bertz CT molecular complexity index is 1060. The van der Waals surface area contributed by atoms with Crippen LogP contribution in [0.15, 0.2) is 49.2 Å². The zero-order chi connectivity index (χ0) is 21.8. The third-order valence-corrected chi connectivity index (χ3v) is 6.91. The van der Waals surface area contributed by atoms with Crippen LogP contribution in [0.3, 0.4) is 0 Å². The van der Waals surface area contributed by atoms with Crippen molar-refractivity contribution in [3.05, 3.63) is 60.9 Å². The molecule has 9 heteroatoms. The van der Waals surface area contributed by atoms with Gasteiger partial charge in [-0.15, -0.1) is 0 Å². The number of amidine groups is 1. The molecule has 0 unspecified atom stereocenters. The van der Waals surface area contributed by atoms with E-state index in [-0.39, 0.29) is 12.5 Å². The predicted octanol–water partition coefficient (Wildman–Crippen LogP) is 5.27. The Labute approximate surface area is 195 Å². The Morgan fingerprint density at radius 1 is 1.20 bits per heavy atom. The van der Waals surface area contributed by atoms with Crippen LogP contribution in [-0.4, -0.2) is 30.8 Å². The van der Waals surface area contributed by atoms with Gasteiger partial charge in [-0.3, -0.25) is 4.79 Å². The van der Waals surface area contributed by atoms with E-state index in [9.17, 15) is 9.59 Å². The number of amides is 1. The average molecular weight is 554 g/mol. The van der Waals surface area contributed by atoms with Gasteiger partial charge in [0.2, 0.25) is 0 Å². The highest BCUT2D eigenvalue weighted by Gasteiger charge is 2.24. The van der Waals surface area contributed by atoms with Crippen LogP contribution in [0.5, 0.6) is 5.75 Å². The standard InChI is InChI=1S/C21H18Br2N2O4S/c1-11-6-14(7-12(2)19(11)23)24-21-25-20(27)17(30-21)9-13-4-5-16(15(22)8-13)29-10-18(26)28-3/h4-9H,10H2,1-3H3,(H,24,25,27)/b17-9-. The van der Waals surface area contributed by atoms with Gasteiger partial charge in [0.25, 0.3) is 5.91 Å². The first-order valence-electron chi connectivity index (χ1n) is 8.82. The minimum Gasteiger partial charge on any atom is -0.481 e. The Hall–Kier alpha value is -2.10. The number of hydrogen-bond acceptors (Lipinski definition) is 6. The highest BCUT2D eigenvalue weighted by molar-refractivity contribution is 9.10. The summed E-state index contributed by atoms with van der Waals surface area (Å²) < 4.78 is 11.7. The van der Waals surface area contributed by atoms with E-state index in [0.717, 1.165) is 26.9 Å². The van der Waals surface area contributed by atoms with Crippen LogP contribution in [0.4, 0.5) is 5.69 Å². The lowest BCUT2D eigenvalue weighted by Crippen LogP contribution is -2.19. The fraction of sp³-hybridized carbons (Fsp3) is 0.190. The van der Waals surface area contributed by atoms with Crippen molar-refractivity contribution in [2.45, 2.75) is 13.8 Å². The Morgan fingerprint density at radius 3 is 2.53 bits per heavy atom. The van der Waals surface area contributed by atoms with Crippen LogP contribution in [0.2, 0.25) is 0 Å². The van der Waals surface area contributed by atoms with Gasteiger partial charge in [-0.1, -0.05) is 22.0 Å². The van der Waals surface area contributed by atoms with Gasteiger partial charge in [-0.25, -0.2) is 9.79 Å². The molecule has 0 radical (unpaired) electrons. The number of rotatable bonds is 5. The Balaban J connectivity index is 1.76. The van der Waals surface area contributed by atoms with E-state index in [2.05, 4.69) is 46.9 Å². The average Bonchev–Trinajstić information content (AvgIpc) is 3.03. The molecule has 1 amide bonds. The third-order valence-electron chi connectivity index (χ3n) is 4.13. The lowest BCUT2D eigenvalue weighted by Gasteiger charge is -2.07. The molecule has 1 heterocycles. The molecule has 1 aliphatic heterocycles. The lowest BCUT2D eigenvalue weighted by molar-refractivity contribution is -0.142. The van der Waals surface area contributed by atoms with E-state index < -0.39 is 5.97 Å². The molecule has 0 aromatic heterocycles. The highest BCUT2D eigenvalue weighted by atomic mass is 79.9. The maximum Gasteiger partial charge on any atom is 0.343 e. The first-order valence-corrected chi connectivity index (χ1v) is 11.2. The van der Waals surface area contributed by atoms with Gasteiger partial charge in [0, 0.05) is 4.47 Å². The van der Waals surface area contributed by atoms with Crippen molar-refractivity contribution in [3.8, 4) is 5.75 Å². The van der Waals surface area contributed by atoms with Crippen molar-refractivity contribution in [2.24, 2.45) is 4.99 Å². The lowest BCUT2D eigenvalue weighted by atomic mass is 10.1. The number of aliphatic imine (C=N–C) groups is 1. The molecule has 2 aromatic rings. The number of nitrogens with zero attached hydrogens (tertiary/aromatic N) is 1. The Morgan fingerprint density at radius 2 is 1.90 bits per heavy atom. The van der Waals surface area contributed by atoms with Crippen molar-refractivity contribution in [2.75, 3.05) is 13.7 Å². The molecule has 3 rings (SSSR count). The number of ether oxygens (including phenoxy) is 2. The van der Waals surface area contributed by atoms with Crippen molar-refractivity contribution < 1.29 is 19.1 Å². The second kappa shape index (κ2) is 9.80. The molecule has 1 aliphatic rings. The number of benzene rings is 2. The maximum absolute atomic E-state index is 12.4. The van der Waals surface area contributed by atoms with Gasteiger partial charge in [0.15, 0.2) is 11.8 Å². The molecule has 2 aromatic carbocycles. The summed E-state index contributed by atoms with van der Waals surface area (Å²) >= 11 is 8.25. The Kier molecular flexibility index (Phi) is 7.38. The fourth-order valence-corrected chi connectivity index (χ4v) is 4.24. The van der Waals surface area contributed by atoms with Crippen LogP contribution in [0, 0.1) is 13.8 Å². The number of aryl methyl sites for hydroxylation is 2. The number of esters is 1. The van der Waals surface area contributed by atoms with E-state index >= 15 is 0 Å². The largest absolute Gasteiger partial charge is 0.481 e. The molecule has 30 heavy (non-hydrogen) atoms. The molecule has 156 valence electrons. The van der Waals surface area contributed by atoms with Gasteiger partial charge in [-0.2, -0.15) is 0 Å². The van der Waals surface area contributed by atoms with Crippen LogP contribution in [0.25, 0.3) is 6.08 Å². The van der Waals surface area contributed by atoms with E-state index in [1.165, 1.54) is 18.9 Å². The zero-order valence-electron chi connectivity index (χ0n) is 16.4. The maximum atomic E-state index is 12.4. The van der Waals surface area contributed by atoms with E-state index in [1.54, 1.807) is 18.2 Å². The zero-order valence-corrected chi connectivity index (χ0v) is 20.4.